The summed E-state index contributed by atoms with van der Waals surface area (Å²) < 4.78 is 37.5. The highest BCUT2D eigenvalue weighted by atomic mass is 19.4. The van der Waals surface area contributed by atoms with Gasteiger partial charge in [-0.15, -0.1) is 0 Å². The number of hydrogen-bond acceptors (Lipinski definition) is 3. The summed E-state index contributed by atoms with van der Waals surface area (Å²) in [6.45, 7) is 4.84. The molecule has 140 valence electrons. The molecule has 0 aliphatic carbocycles. The summed E-state index contributed by atoms with van der Waals surface area (Å²) in [6, 6.07) is 3.62. The van der Waals surface area contributed by atoms with Crippen molar-refractivity contribution >= 4 is 12.2 Å². The maximum Gasteiger partial charge on any atom is 0.416 e. The van der Waals surface area contributed by atoms with E-state index in [0.717, 1.165) is 31.5 Å². The maximum absolute atomic E-state index is 12.5. The topological polar surface area (TPSA) is 49.4 Å². The maximum atomic E-state index is 12.5. The highest BCUT2D eigenvalue weighted by Gasteiger charge is 2.31. The predicted molar refractivity (Wildman–Crippen MR) is 90.1 cm³/mol. The largest absolute Gasteiger partial charge is 0.416 e. The Morgan fingerprint density at radius 1 is 1.32 bits per heavy atom. The number of aldehydes is 1. The van der Waals surface area contributed by atoms with Gasteiger partial charge in [0, 0.05) is 0 Å². The molecule has 4 nitrogen and oxygen atoms in total. The van der Waals surface area contributed by atoms with Crippen LogP contribution in [0.1, 0.15) is 37.8 Å². The fourth-order valence-electron chi connectivity index (χ4n) is 2.74. The molecule has 0 radical (unpaired) electrons. The van der Waals surface area contributed by atoms with E-state index in [-0.39, 0.29) is 18.4 Å². The Kier molecular flexibility index (Phi) is 8.09. The van der Waals surface area contributed by atoms with Crippen molar-refractivity contribution in [2.24, 2.45) is 0 Å². The van der Waals surface area contributed by atoms with Gasteiger partial charge in [0.2, 0.25) is 5.91 Å². The second-order valence-electron chi connectivity index (χ2n) is 5.79. The van der Waals surface area contributed by atoms with E-state index in [4.69, 9.17) is 0 Å². The van der Waals surface area contributed by atoms with Gasteiger partial charge in [0.1, 0.15) is 6.29 Å². The van der Waals surface area contributed by atoms with Gasteiger partial charge in [-0.05, 0) is 50.6 Å². The smallest absolute Gasteiger partial charge is 0.345 e. The predicted octanol–water partition coefficient (Wildman–Crippen LogP) is 3.05. The molecule has 1 aromatic carbocycles. The molecule has 0 spiro atoms. The fourth-order valence-corrected chi connectivity index (χ4v) is 2.74. The average molecular weight is 358 g/mol. The van der Waals surface area contributed by atoms with E-state index < -0.39 is 17.8 Å². The summed E-state index contributed by atoms with van der Waals surface area (Å²) >= 11 is 0. The third-order valence-corrected chi connectivity index (χ3v) is 4.05. The van der Waals surface area contributed by atoms with Crippen molar-refractivity contribution in [2.45, 2.75) is 51.4 Å². The number of carbonyl (C=O) groups excluding carboxylic acids is 2. The number of carbonyl (C=O) groups is 2. The zero-order valence-corrected chi connectivity index (χ0v) is 14.8. The SMILES string of the molecule is CC.CN1CCCC1C(=O)NC(C=O)Cc1ccc(C(F)(F)F)cc1. The third-order valence-electron chi connectivity index (χ3n) is 4.05. The van der Waals surface area contributed by atoms with E-state index in [1.165, 1.54) is 12.1 Å². The van der Waals surface area contributed by atoms with Crippen molar-refractivity contribution in [1.82, 2.24) is 10.2 Å². The summed E-state index contributed by atoms with van der Waals surface area (Å²) in [5, 5.41) is 2.66. The van der Waals surface area contributed by atoms with E-state index in [2.05, 4.69) is 5.32 Å². The Balaban J connectivity index is 0.00000151. The number of hydrogen-bond donors (Lipinski definition) is 1. The minimum absolute atomic E-state index is 0.170. The van der Waals surface area contributed by atoms with Crippen LogP contribution in [0.4, 0.5) is 13.2 Å². The molecular formula is C18H25F3N2O2. The van der Waals surface area contributed by atoms with Crippen LogP contribution >= 0.6 is 0 Å². The molecule has 1 aliphatic rings. The third kappa shape index (κ3) is 6.16. The highest BCUT2D eigenvalue weighted by Crippen LogP contribution is 2.29. The number of rotatable bonds is 5. The van der Waals surface area contributed by atoms with E-state index in [1.807, 2.05) is 25.8 Å². The van der Waals surface area contributed by atoms with Gasteiger partial charge < -0.3 is 10.1 Å². The lowest BCUT2D eigenvalue weighted by Gasteiger charge is -2.21. The number of alkyl halides is 3. The van der Waals surface area contributed by atoms with Gasteiger partial charge in [0.05, 0.1) is 17.6 Å². The first-order valence-corrected chi connectivity index (χ1v) is 8.43. The fraction of sp³-hybridized carbons (Fsp3) is 0.556. The molecule has 1 N–H and O–H groups in total. The molecule has 1 heterocycles. The minimum atomic E-state index is -4.39. The van der Waals surface area contributed by atoms with Crippen LogP contribution in [0.15, 0.2) is 24.3 Å². The van der Waals surface area contributed by atoms with Gasteiger partial charge in [0.25, 0.3) is 0 Å². The number of nitrogens with one attached hydrogen (secondary N) is 1. The first kappa shape index (κ1) is 21.2. The van der Waals surface area contributed by atoms with Crippen LogP contribution in [0.5, 0.6) is 0 Å². The van der Waals surface area contributed by atoms with Crippen molar-refractivity contribution in [3.8, 4) is 0 Å². The standard InChI is InChI=1S/C16H19F3N2O2.C2H6/c1-21-8-2-3-14(21)15(23)20-13(10-22)9-11-4-6-12(7-5-11)16(17,18)19;1-2/h4-7,10,13-14H,2-3,8-9H2,1H3,(H,20,23);1-2H3. The molecule has 1 aliphatic heterocycles. The van der Waals surface area contributed by atoms with Crippen LogP contribution in [0, 0.1) is 0 Å². The van der Waals surface area contributed by atoms with Crippen molar-refractivity contribution in [3.63, 3.8) is 0 Å². The molecule has 0 bridgehead atoms. The molecule has 1 saturated heterocycles. The number of likely N-dealkylation sites (tertiary alicyclic amines) is 1. The summed E-state index contributed by atoms with van der Waals surface area (Å²) in [7, 11) is 1.85. The van der Waals surface area contributed by atoms with E-state index >= 15 is 0 Å². The van der Waals surface area contributed by atoms with E-state index in [0.29, 0.717) is 11.8 Å². The van der Waals surface area contributed by atoms with Crippen LogP contribution < -0.4 is 5.32 Å². The summed E-state index contributed by atoms with van der Waals surface area (Å²) in [6.07, 6.45) is -1.92. The number of likely N-dealkylation sites (N-methyl/N-ethyl adjacent to an activating group) is 1. The monoisotopic (exact) mass is 358 g/mol. The second-order valence-corrected chi connectivity index (χ2v) is 5.79. The molecule has 1 fully saturated rings. The number of nitrogens with zero attached hydrogens (tertiary/aromatic N) is 1. The first-order valence-electron chi connectivity index (χ1n) is 8.43. The Morgan fingerprint density at radius 2 is 1.92 bits per heavy atom. The van der Waals surface area contributed by atoms with Gasteiger partial charge >= 0.3 is 6.18 Å². The molecule has 1 amide bonds. The Bertz CT molecular complexity index is 558. The van der Waals surface area contributed by atoms with Crippen LogP contribution in [0.25, 0.3) is 0 Å². The van der Waals surface area contributed by atoms with Gasteiger partial charge in [-0.1, -0.05) is 26.0 Å². The Morgan fingerprint density at radius 3 is 2.36 bits per heavy atom. The Hall–Kier alpha value is -1.89. The van der Waals surface area contributed by atoms with Crippen LogP contribution in [-0.2, 0) is 22.2 Å². The number of amides is 1. The lowest BCUT2D eigenvalue weighted by atomic mass is 10.0. The lowest BCUT2D eigenvalue weighted by molar-refractivity contribution is -0.137. The van der Waals surface area contributed by atoms with Crippen molar-refractivity contribution in [3.05, 3.63) is 35.4 Å². The molecule has 2 unspecified atom stereocenters. The van der Waals surface area contributed by atoms with Crippen molar-refractivity contribution < 1.29 is 22.8 Å². The van der Waals surface area contributed by atoms with Crippen LogP contribution in [0.2, 0.25) is 0 Å². The molecular weight excluding hydrogens is 333 g/mol. The van der Waals surface area contributed by atoms with Crippen molar-refractivity contribution in [2.75, 3.05) is 13.6 Å². The second kappa shape index (κ2) is 9.56. The van der Waals surface area contributed by atoms with Crippen molar-refractivity contribution in [1.29, 1.82) is 0 Å². The van der Waals surface area contributed by atoms with E-state index in [1.54, 1.807) is 0 Å². The van der Waals surface area contributed by atoms with Crippen LogP contribution in [0.3, 0.4) is 0 Å². The number of benzene rings is 1. The van der Waals surface area contributed by atoms with Gasteiger partial charge in [-0.25, -0.2) is 0 Å². The molecule has 2 rings (SSSR count). The molecule has 25 heavy (non-hydrogen) atoms. The molecule has 2 atom stereocenters. The van der Waals surface area contributed by atoms with E-state index in [9.17, 15) is 22.8 Å². The van der Waals surface area contributed by atoms with Gasteiger partial charge in [-0.3, -0.25) is 9.69 Å². The first-order chi connectivity index (χ1) is 11.8. The molecule has 1 aromatic rings. The normalized spacial score (nSPS) is 18.9. The molecule has 0 aromatic heterocycles. The van der Waals surface area contributed by atoms with Gasteiger partial charge in [0.15, 0.2) is 0 Å². The molecule has 0 saturated carbocycles. The minimum Gasteiger partial charge on any atom is -0.345 e. The average Bonchev–Trinajstić information content (AvgIpc) is 3.02. The summed E-state index contributed by atoms with van der Waals surface area (Å²) in [4.78, 5) is 25.2. The zero-order valence-electron chi connectivity index (χ0n) is 14.8. The quantitative estimate of drug-likeness (QED) is 0.823. The van der Waals surface area contributed by atoms with Crippen LogP contribution in [-0.4, -0.2) is 42.8 Å². The van der Waals surface area contributed by atoms with Gasteiger partial charge in [-0.2, -0.15) is 13.2 Å². The highest BCUT2D eigenvalue weighted by molar-refractivity contribution is 5.84. The lowest BCUT2D eigenvalue weighted by Crippen LogP contribution is -2.47. The molecule has 7 heteroatoms. The summed E-state index contributed by atoms with van der Waals surface area (Å²) in [5.41, 5.74) is -0.171. The number of halogens is 3. The zero-order chi connectivity index (χ0) is 19.0. The summed E-state index contributed by atoms with van der Waals surface area (Å²) in [5.74, 6) is -0.214. The Labute approximate surface area is 146 Å².